The van der Waals surface area contributed by atoms with E-state index in [4.69, 9.17) is 16.3 Å². The largest absolute Gasteiger partial charge is 0.482 e. The molecule has 7 heteroatoms. The SMILES string of the molecule is Cc1ccc(NC(=O)COc2ccc(/C=N/NC(=O)c3ccccc3)cc2Cl)cc1. The second-order valence-electron chi connectivity index (χ2n) is 6.46. The van der Waals surface area contributed by atoms with Crippen LogP contribution in [0.25, 0.3) is 0 Å². The van der Waals surface area contributed by atoms with Crippen LogP contribution < -0.4 is 15.5 Å². The van der Waals surface area contributed by atoms with Crippen LogP contribution >= 0.6 is 11.6 Å². The van der Waals surface area contributed by atoms with Gasteiger partial charge in [-0.1, -0.05) is 47.5 Å². The number of hydrogen-bond donors (Lipinski definition) is 2. The minimum atomic E-state index is -0.308. The first-order valence-electron chi connectivity index (χ1n) is 9.18. The Morgan fingerprint density at radius 1 is 1.03 bits per heavy atom. The molecule has 0 aliphatic heterocycles. The van der Waals surface area contributed by atoms with Crippen molar-refractivity contribution < 1.29 is 14.3 Å². The predicted octanol–water partition coefficient (Wildman–Crippen LogP) is 4.43. The number of hydrazone groups is 1. The van der Waals surface area contributed by atoms with Crippen LogP contribution in [0.15, 0.2) is 77.9 Å². The minimum Gasteiger partial charge on any atom is -0.482 e. The number of anilines is 1. The highest BCUT2D eigenvalue weighted by Crippen LogP contribution is 2.25. The van der Waals surface area contributed by atoms with Gasteiger partial charge < -0.3 is 10.1 Å². The minimum absolute atomic E-state index is 0.172. The molecule has 0 heterocycles. The smallest absolute Gasteiger partial charge is 0.271 e. The van der Waals surface area contributed by atoms with E-state index in [-0.39, 0.29) is 18.4 Å². The topological polar surface area (TPSA) is 79.8 Å². The van der Waals surface area contributed by atoms with Crippen LogP contribution in [0, 0.1) is 6.92 Å². The zero-order valence-corrected chi connectivity index (χ0v) is 17.0. The van der Waals surface area contributed by atoms with Crippen molar-refractivity contribution in [3.63, 3.8) is 0 Å². The van der Waals surface area contributed by atoms with Crippen LogP contribution in [0.2, 0.25) is 5.02 Å². The Labute approximate surface area is 179 Å². The van der Waals surface area contributed by atoms with Crippen LogP contribution in [-0.4, -0.2) is 24.6 Å². The number of nitrogens with zero attached hydrogens (tertiary/aromatic N) is 1. The Morgan fingerprint density at radius 2 is 1.77 bits per heavy atom. The first-order valence-corrected chi connectivity index (χ1v) is 9.56. The van der Waals surface area contributed by atoms with Gasteiger partial charge in [0.15, 0.2) is 6.61 Å². The van der Waals surface area contributed by atoms with Crippen molar-refractivity contribution in [2.75, 3.05) is 11.9 Å². The molecular formula is C23H20ClN3O3. The number of ether oxygens (including phenoxy) is 1. The summed E-state index contributed by atoms with van der Waals surface area (Å²) in [5.74, 6) is -0.220. The van der Waals surface area contributed by atoms with Crippen molar-refractivity contribution in [1.82, 2.24) is 5.43 Å². The molecule has 3 aromatic rings. The van der Waals surface area contributed by atoms with Gasteiger partial charge in [-0.2, -0.15) is 5.10 Å². The van der Waals surface area contributed by atoms with Crippen molar-refractivity contribution in [2.45, 2.75) is 6.92 Å². The highest BCUT2D eigenvalue weighted by atomic mass is 35.5. The standard InChI is InChI=1S/C23H20ClN3O3/c1-16-7-10-19(11-8-16)26-22(28)15-30-21-12-9-17(13-20(21)24)14-25-27-23(29)18-5-3-2-4-6-18/h2-14H,15H2,1H3,(H,26,28)(H,27,29)/b25-14+. The van der Waals surface area contributed by atoms with E-state index < -0.39 is 0 Å². The van der Waals surface area contributed by atoms with Gasteiger partial charge in [0.05, 0.1) is 11.2 Å². The average molecular weight is 422 g/mol. The number of halogens is 1. The summed E-state index contributed by atoms with van der Waals surface area (Å²) in [5.41, 5.74) is 5.45. The molecule has 0 aliphatic carbocycles. The molecule has 0 saturated heterocycles. The third-order valence-electron chi connectivity index (χ3n) is 4.07. The predicted molar refractivity (Wildman–Crippen MR) is 118 cm³/mol. The van der Waals surface area contributed by atoms with E-state index in [1.54, 1.807) is 42.5 Å². The average Bonchev–Trinajstić information content (AvgIpc) is 2.75. The number of rotatable bonds is 7. The van der Waals surface area contributed by atoms with Gasteiger partial charge >= 0.3 is 0 Å². The number of amides is 2. The van der Waals surface area contributed by atoms with E-state index in [1.807, 2.05) is 37.3 Å². The van der Waals surface area contributed by atoms with Crippen LogP contribution in [-0.2, 0) is 4.79 Å². The van der Waals surface area contributed by atoms with E-state index in [1.165, 1.54) is 6.21 Å². The van der Waals surface area contributed by atoms with Crippen LogP contribution in [0.4, 0.5) is 5.69 Å². The maximum absolute atomic E-state index is 12.0. The summed E-state index contributed by atoms with van der Waals surface area (Å²) in [6.45, 7) is 1.80. The second-order valence-corrected chi connectivity index (χ2v) is 6.87. The van der Waals surface area contributed by atoms with E-state index in [0.717, 1.165) is 5.56 Å². The number of benzene rings is 3. The molecule has 0 aliphatic rings. The van der Waals surface area contributed by atoms with Gasteiger partial charge in [-0.3, -0.25) is 9.59 Å². The van der Waals surface area contributed by atoms with Gasteiger partial charge in [0.1, 0.15) is 5.75 Å². The lowest BCUT2D eigenvalue weighted by atomic mass is 10.2. The summed E-state index contributed by atoms with van der Waals surface area (Å²) >= 11 is 6.22. The lowest BCUT2D eigenvalue weighted by molar-refractivity contribution is -0.118. The lowest BCUT2D eigenvalue weighted by Crippen LogP contribution is -2.20. The lowest BCUT2D eigenvalue weighted by Gasteiger charge is -2.09. The Balaban J connectivity index is 1.51. The zero-order valence-electron chi connectivity index (χ0n) is 16.3. The van der Waals surface area contributed by atoms with E-state index in [0.29, 0.717) is 27.6 Å². The monoisotopic (exact) mass is 421 g/mol. The summed E-state index contributed by atoms with van der Waals surface area (Å²) < 4.78 is 5.49. The van der Waals surface area contributed by atoms with Gasteiger partial charge in [0, 0.05) is 11.3 Å². The molecule has 0 atom stereocenters. The molecule has 152 valence electrons. The van der Waals surface area contributed by atoms with Crippen LogP contribution in [0.3, 0.4) is 0 Å². The number of hydrogen-bond acceptors (Lipinski definition) is 4. The summed E-state index contributed by atoms with van der Waals surface area (Å²) in [4.78, 5) is 24.0. The summed E-state index contributed by atoms with van der Waals surface area (Å²) in [7, 11) is 0. The Hall–Kier alpha value is -3.64. The molecule has 3 aromatic carbocycles. The third kappa shape index (κ3) is 6.18. The van der Waals surface area contributed by atoms with Gasteiger partial charge in [-0.25, -0.2) is 5.43 Å². The molecule has 0 spiro atoms. The molecule has 0 saturated carbocycles. The first-order chi connectivity index (χ1) is 14.5. The molecule has 3 rings (SSSR count). The fraction of sp³-hybridized carbons (Fsp3) is 0.0870. The molecule has 6 nitrogen and oxygen atoms in total. The van der Waals surface area contributed by atoms with Gasteiger partial charge in [0.25, 0.3) is 11.8 Å². The molecule has 0 unspecified atom stereocenters. The van der Waals surface area contributed by atoms with Crippen molar-refractivity contribution in [3.05, 3.63) is 94.5 Å². The zero-order chi connectivity index (χ0) is 21.3. The maximum Gasteiger partial charge on any atom is 0.271 e. The van der Waals surface area contributed by atoms with Gasteiger partial charge in [0.2, 0.25) is 0 Å². The fourth-order valence-electron chi connectivity index (χ4n) is 2.51. The van der Waals surface area contributed by atoms with Crippen molar-refractivity contribution in [2.24, 2.45) is 5.10 Å². The first kappa shape index (κ1) is 21.1. The van der Waals surface area contributed by atoms with Crippen molar-refractivity contribution in [3.8, 4) is 5.75 Å². The molecule has 0 aromatic heterocycles. The molecule has 0 bridgehead atoms. The van der Waals surface area contributed by atoms with E-state index >= 15 is 0 Å². The van der Waals surface area contributed by atoms with E-state index in [2.05, 4.69) is 15.8 Å². The molecular weight excluding hydrogens is 402 g/mol. The number of carbonyl (C=O) groups excluding carboxylic acids is 2. The van der Waals surface area contributed by atoms with Crippen LogP contribution in [0.5, 0.6) is 5.75 Å². The molecule has 2 amide bonds. The normalized spacial score (nSPS) is 10.6. The Bertz CT molecular complexity index is 1050. The van der Waals surface area contributed by atoms with Crippen molar-refractivity contribution >= 4 is 35.3 Å². The second kappa shape index (κ2) is 10.2. The van der Waals surface area contributed by atoms with Gasteiger partial charge in [-0.15, -0.1) is 0 Å². The Kier molecular flexibility index (Phi) is 7.19. The van der Waals surface area contributed by atoms with Gasteiger partial charge in [-0.05, 0) is 55.0 Å². The molecule has 0 radical (unpaired) electrons. The highest BCUT2D eigenvalue weighted by Gasteiger charge is 2.07. The Morgan fingerprint density at radius 3 is 2.47 bits per heavy atom. The van der Waals surface area contributed by atoms with Crippen LogP contribution in [0.1, 0.15) is 21.5 Å². The number of carbonyl (C=O) groups is 2. The summed E-state index contributed by atoms with van der Waals surface area (Å²) in [6, 6.07) is 21.2. The highest BCUT2D eigenvalue weighted by molar-refractivity contribution is 6.32. The molecule has 2 N–H and O–H groups in total. The number of aryl methyl sites for hydroxylation is 1. The molecule has 0 fully saturated rings. The summed E-state index contributed by atoms with van der Waals surface area (Å²) in [6.07, 6.45) is 1.47. The number of nitrogens with one attached hydrogen (secondary N) is 2. The third-order valence-corrected chi connectivity index (χ3v) is 4.36. The maximum atomic E-state index is 12.0. The molecule has 30 heavy (non-hydrogen) atoms. The van der Waals surface area contributed by atoms with Crippen molar-refractivity contribution in [1.29, 1.82) is 0 Å². The quantitative estimate of drug-likeness (QED) is 0.437. The summed E-state index contributed by atoms with van der Waals surface area (Å²) in [5, 5.41) is 7.01. The fourth-order valence-corrected chi connectivity index (χ4v) is 2.75. The van der Waals surface area contributed by atoms with E-state index in [9.17, 15) is 9.59 Å².